The molecule has 1 heterocycles. The molecule has 3 aliphatic rings. The van der Waals surface area contributed by atoms with Gasteiger partial charge < -0.3 is 0 Å². The molecule has 2 unspecified atom stereocenters. The molecule has 2 aliphatic carbocycles. The second-order valence-corrected chi connectivity index (χ2v) is 5.42. The van der Waals surface area contributed by atoms with Gasteiger partial charge in [-0.05, 0) is 5.39 Å². The number of benzene rings is 2. The highest BCUT2D eigenvalue weighted by molar-refractivity contribution is 6.61. The van der Waals surface area contributed by atoms with Gasteiger partial charge in [0.05, 0.1) is 23.5 Å². The average molecular weight is 377 g/mol. The van der Waals surface area contributed by atoms with Crippen molar-refractivity contribution in [3.05, 3.63) is 71.8 Å². The minimum absolute atomic E-state index is 0.156. The van der Waals surface area contributed by atoms with E-state index in [1.54, 1.807) is 0 Å². The van der Waals surface area contributed by atoms with Crippen molar-refractivity contribution in [2.75, 3.05) is 0 Å². The van der Waals surface area contributed by atoms with Crippen molar-refractivity contribution < 1.29 is 0 Å². The first-order valence-corrected chi connectivity index (χ1v) is 11.0. The summed E-state index contributed by atoms with van der Waals surface area (Å²) in [6.07, 6.45) is 8.41. The minimum atomic E-state index is 0.156. The Morgan fingerprint density at radius 1 is 0.571 bits per heavy atom. The SMILES string of the molecule is C1=CC2N=C3C(=NC2C=C1)c1cccc2cccc3c12.CC.CC.CC.CC. The van der Waals surface area contributed by atoms with Crippen molar-refractivity contribution in [1.82, 2.24) is 0 Å². The maximum absolute atomic E-state index is 4.95. The molecule has 0 bridgehead atoms. The molecule has 2 aromatic carbocycles. The highest BCUT2D eigenvalue weighted by Gasteiger charge is 2.33. The molecule has 0 saturated heterocycles. The van der Waals surface area contributed by atoms with E-state index in [1.807, 2.05) is 55.4 Å². The Morgan fingerprint density at radius 2 is 0.964 bits per heavy atom. The lowest BCUT2D eigenvalue weighted by molar-refractivity contribution is 0.698. The van der Waals surface area contributed by atoms with Gasteiger partial charge in [0.15, 0.2) is 0 Å². The van der Waals surface area contributed by atoms with Crippen LogP contribution >= 0.6 is 0 Å². The lowest BCUT2D eigenvalue weighted by atomic mass is 9.99. The van der Waals surface area contributed by atoms with E-state index < -0.39 is 0 Å². The summed E-state index contributed by atoms with van der Waals surface area (Å²) in [6.45, 7) is 16.0. The molecular weight excluding hydrogens is 340 g/mol. The number of nitrogens with zero attached hydrogens (tertiary/aromatic N) is 2. The third-order valence-corrected chi connectivity index (χ3v) is 4.27. The number of hydrogen-bond acceptors (Lipinski definition) is 2. The number of hydrogen-bond donors (Lipinski definition) is 0. The molecule has 150 valence electrons. The first-order chi connectivity index (χ1) is 13.9. The fourth-order valence-corrected chi connectivity index (χ4v) is 3.37. The maximum Gasteiger partial charge on any atom is 0.0950 e. The first-order valence-electron chi connectivity index (χ1n) is 11.0. The molecular formula is C26H36N2. The van der Waals surface area contributed by atoms with Crippen LogP contribution in [-0.4, -0.2) is 23.5 Å². The Kier molecular flexibility index (Phi) is 10.2. The Morgan fingerprint density at radius 3 is 1.36 bits per heavy atom. The summed E-state index contributed by atoms with van der Waals surface area (Å²) < 4.78 is 0. The van der Waals surface area contributed by atoms with E-state index in [-0.39, 0.29) is 12.1 Å². The van der Waals surface area contributed by atoms with Gasteiger partial charge >= 0.3 is 0 Å². The molecule has 0 radical (unpaired) electrons. The summed E-state index contributed by atoms with van der Waals surface area (Å²) in [5.41, 5.74) is 4.60. The lowest BCUT2D eigenvalue weighted by Crippen LogP contribution is -2.30. The van der Waals surface area contributed by atoms with Crippen molar-refractivity contribution in [3.8, 4) is 0 Å². The molecule has 0 N–H and O–H groups in total. The highest BCUT2D eigenvalue weighted by Crippen LogP contribution is 2.34. The van der Waals surface area contributed by atoms with Gasteiger partial charge in [0.2, 0.25) is 0 Å². The molecule has 2 heteroatoms. The van der Waals surface area contributed by atoms with Crippen molar-refractivity contribution in [2.45, 2.75) is 67.5 Å². The summed E-state index contributed by atoms with van der Waals surface area (Å²) in [4.78, 5) is 9.91. The zero-order valence-corrected chi connectivity index (χ0v) is 18.8. The molecule has 28 heavy (non-hydrogen) atoms. The third kappa shape index (κ3) is 4.32. The molecule has 0 saturated carbocycles. The van der Waals surface area contributed by atoms with E-state index in [2.05, 4.69) is 60.7 Å². The van der Waals surface area contributed by atoms with Gasteiger partial charge in [0.1, 0.15) is 0 Å². The summed E-state index contributed by atoms with van der Waals surface area (Å²) in [7, 11) is 0. The summed E-state index contributed by atoms with van der Waals surface area (Å²) >= 11 is 0. The topological polar surface area (TPSA) is 24.7 Å². The van der Waals surface area contributed by atoms with E-state index in [0.29, 0.717) is 0 Å². The van der Waals surface area contributed by atoms with Crippen LogP contribution in [0, 0.1) is 0 Å². The van der Waals surface area contributed by atoms with Crippen LogP contribution in [0.3, 0.4) is 0 Å². The average Bonchev–Trinajstić information content (AvgIpc) is 3.13. The fraction of sp³-hybridized carbons (Fsp3) is 0.385. The zero-order valence-electron chi connectivity index (χ0n) is 18.8. The fourth-order valence-electron chi connectivity index (χ4n) is 3.37. The minimum Gasteiger partial charge on any atom is -0.272 e. The van der Waals surface area contributed by atoms with Crippen molar-refractivity contribution in [2.24, 2.45) is 9.98 Å². The summed E-state index contributed by atoms with van der Waals surface area (Å²) in [5, 5.41) is 2.58. The summed E-state index contributed by atoms with van der Waals surface area (Å²) in [5.74, 6) is 0. The molecule has 0 fully saturated rings. The van der Waals surface area contributed by atoms with Gasteiger partial charge in [-0.25, -0.2) is 0 Å². The maximum atomic E-state index is 4.95. The molecule has 2 nitrogen and oxygen atoms in total. The zero-order chi connectivity index (χ0) is 21.1. The number of allylic oxidation sites excluding steroid dienone is 2. The Balaban J connectivity index is 0.000000442. The van der Waals surface area contributed by atoms with Crippen molar-refractivity contribution >= 4 is 22.2 Å². The smallest absolute Gasteiger partial charge is 0.0950 e. The third-order valence-electron chi connectivity index (χ3n) is 4.27. The molecule has 0 aromatic heterocycles. The van der Waals surface area contributed by atoms with Gasteiger partial charge in [0, 0.05) is 16.5 Å². The predicted octanol–water partition coefficient (Wildman–Crippen LogP) is 7.41. The lowest BCUT2D eigenvalue weighted by Gasteiger charge is -2.23. The van der Waals surface area contributed by atoms with Crippen molar-refractivity contribution in [1.29, 1.82) is 0 Å². The number of aliphatic imine (C=N–C) groups is 2. The van der Waals surface area contributed by atoms with E-state index >= 15 is 0 Å². The molecule has 1 aliphatic heterocycles. The van der Waals surface area contributed by atoms with Crippen LogP contribution < -0.4 is 0 Å². The largest absolute Gasteiger partial charge is 0.272 e. The van der Waals surface area contributed by atoms with Crippen LogP contribution in [0.15, 0.2) is 70.7 Å². The van der Waals surface area contributed by atoms with Gasteiger partial charge in [-0.15, -0.1) is 0 Å². The number of rotatable bonds is 0. The normalized spacial score (nSPS) is 18.9. The van der Waals surface area contributed by atoms with Crippen LogP contribution in [0.25, 0.3) is 10.8 Å². The standard InChI is InChI=1S/C18H12N2.4C2H6/c1-2-10-15-14(9-1)19-17-12-7-3-5-11-6-4-8-13(16(11)12)18(17)20-15;4*1-2/h1-10,14-15H;4*1-2H3. The van der Waals surface area contributed by atoms with Crippen LogP contribution in [0.5, 0.6) is 0 Å². The Bertz CT molecular complexity index is 800. The molecule has 0 amide bonds. The van der Waals surface area contributed by atoms with Crippen LogP contribution in [0.2, 0.25) is 0 Å². The second kappa shape index (κ2) is 12.1. The molecule has 0 spiro atoms. The van der Waals surface area contributed by atoms with Gasteiger partial charge in [-0.3, -0.25) is 9.98 Å². The Labute approximate surface area is 171 Å². The van der Waals surface area contributed by atoms with Gasteiger partial charge in [0.25, 0.3) is 0 Å². The second-order valence-electron chi connectivity index (χ2n) is 5.42. The van der Waals surface area contributed by atoms with E-state index in [9.17, 15) is 0 Å². The van der Waals surface area contributed by atoms with E-state index in [4.69, 9.17) is 9.98 Å². The molecule has 5 rings (SSSR count). The van der Waals surface area contributed by atoms with Crippen LogP contribution in [-0.2, 0) is 0 Å². The van der Waals surface area contributed by atoms with Crippen molar-refractivity contribution in [3.63, 3.8) is 0 Å². The predicted molar refractivity (Wildman–Crippen MR) is 128 cm³/mol. The monoisotopic (exact) mass is 376 g/mol. The molecule has 2 atom stereocenters. The number of fused-ring (bicyclic) bond motifs is 4. The van der Waals surface area contributed by atoms with Crippen LogP contribution in [0.1, 0.15) is 66.5 Å². The Hall–Kier alpha value is -2.48. The van der Waals surface area contributed by atoms with Crippen LogP contribution in [0.4, 0.5) is 0 Å². The molecule has 2 aromatic rings. The highest BCUT2D eigenvalue weighted by atomic mass is 15.0. The van der Waals surface area contributed by atoms with E-state index in [0.717, 1.165) is 11.4 Å². The van der Waals surface area contributed by atoms with Gasteiger partial charge in [-0.1, -0.05) is 116 Å². The quantitative estimate of drug-likeness (QED) is 0.457. The van der Waals surface area contributed by atoms with Gasteiger partial charge in [-0.2, -0.15) is 0 Å². The first kappa shape index (κ1) is 23.6. The van der Waals surface area contributed by atoms with E-state index in [1.165, 1.54) is 21.9 Å². The summed E-state index contributed by atoms with van der Waals surface area (Å²) in [6, 6.07) is 13.2.